The van der Waals surface area contributed by atoms with Crippen molar-refractivity contribution in [1.29, 1.82) is 0 Å². The number of hydrogen-bond donors (Lipinski definition) is 0. The highest BCUT2D eigenvalue weighted by atomic mass is 16.2. The van der Waals surface area contributed by atoms with Gasteiger partial charge in [0.2, 0.25) is 5.91 Å². The highest BCUT2D eigenvalue weighted by Crippen LogP contribution is 2.32. The van der Waals surface area contributed by atoms with Gasteiger partial charge in [-0.15, -0.1) is 0 Å². The normalized spacial score (nSPS) is 15.6. The summed E-state index contributed by atoms with van der Waals surface area (Å²) in [4.78, 5) is 26.6. The van der Waals surface area contributed by atoms with Gasteiger partial charge in [0.15, 0.2) is 0 Å². The fourth-order valence-corrected chi connectivity index (χ4v) is 5.05. The second kappa shape index (κ2) is 9.94. The topological polar surface area (TPSA) is 49.3 Å². The Morgan fingerprint density at radius 3 is 2.53 bits per heavy atom. The molecule has 5 nitrogen and oxygen atoms in total. The molecule has 4 aromatic rings. The zero-order valence-corrected chi connectivity index (χ0v) is 20.4. The molecule has 1 amide bonds. The molecule has 1 saturated carbocycles. The van der Waals surface area contributed by atoms with Crippen molar-refractivity contribution in [1.82, 2.24) is 14.9 Å². The molecule has 2 heterocycles. The van der Waals surface area contributed by atoms with Crippen LogP contribution in [0.3, 0.4) is 0 Å². The molecule has 36 heavy (non-hydrogen) atoms. The average molecular weight is 475 g/mol. The summed E-state index contributed by atoms with van der Waals surface area (Å²) in [5.74, 6) is 1.11. The first-order valence-electron chi connectivity index (χ1n) is 12.9. The first kappa shape index (κ1) is 22.5. The largest absolute Gasteiger partial charge is 0.356 e. The van der Waals surface area contributed by atoms with Crippen molar-refractivity contribution in [2.45, 2.75) is 38.3 Å². The van der Waals surface area contributed by atoms with Gasteiger partial charge in [-0.25, -0.2) is 9.97 Å². The van der Waals surface area contributed by atoms with Gasteiger partial charge in [-0.1, -0.05) is 54.6 Å². The monoisotopic (exact) mass is 474 g/mol. The number of carbonyl (C=O) groups is 1. The van der Waals surface area contributed by atoms with E-state index in [0.29, 0.717) is 12.6 Å². The van der Waals surface area contributed by atoms with E-state index in [-0.39, 0.29) is 5.91 Å². The first-order chi connectivity index (χ1) is 17.7. The first-order valence-corrected chi connectivity index (χ1v) is 12.9. The van der Waals surface area contributed by atoms with Crippen molar-refractivity contribution >= 4 is 28.7 Å². The quantitative estimate of drug-likeness (QED) is 0.304. The number of anilines is 1. The van der Waals surface area contributed by atoms with E-state index in [4.69, 9.17) is 0 Å². The number of fused-ring (bicyclic) bond motifs is 1. The fraction of sp³-hybridized carbons (Fsp3) is 0.258. The molecule has 2 aliphatic rings. The second-order valence-corrected chi connectivity index (χ2v) is 9.77. The minimum atomic E-state index is 0.0739. The van der Waals surface area contributed by atoms with Crippen molar-refractivity contribution in [2.24, 2.45) is 0 Å². The maximum atomic E-state index is 13.1. The molecule has 180 valence electrons. The van der Waals surface area contributed by atoms with Crippen molar-refractivity contribution in [3.05, 3.63) is 96.3 Å². The third kappa shape index (κ3) is 4.87. The number of hydrogen-bond acceptors (Lipinski definition) is 4. The Labute approximate surface area is 212 Å². The standard InChI is InChI=1S/C31H30N4O/c36-30(16-11-23-7-2-1-3-8-23)35(27-13-14-27)21-24-9-6-10-25(19-24)26-12-15-29-28(20-26)31(33-22-32-29)34-17-4-5-18-34/h1-3,6-12,15-16,19-20,22,27H,4-5,13-14,17-18,21H2. The van der Waals surface area contributed by atoms with E-state index in [0.717, 1.165) is 64.9 Å². The van der Waals surface area contributed by atoms with E-state index in [9.17, 15) is 4.79 Å². The third-order valence-electron chi connectivity index (χ3n) is 7.12. The summed E-state index contributed by atoms with van der Waals surface area (Å²) < 4.78 is 0. The molecule has 0 spiro atoms. The van der Waals surface area contributed by atoms with Gasteiger partial charge in [0.25, 0.3) is 0 Å². The molecule has 2 fully saturated rings. The Morgan fingerprint density at radius 1 is 0.917 bits per heavy atom. The molecule has 1 saturated heterocycles. The average Bonchev–Trinajstić information content (AvgIpc) is 3.63. The highest BCUT2D eigenvalue weighted by molar-refractivity contribution is 5.93. The van der Waals surface area contributed by atoms with Gasteiger partial charge in [0, 0.05) is 37.1 Å². The van der Waals surface area contributed by atoms with Crippen LogP contribution in [0.1, 0.15) is 36.8 Å². The lowest BCUT2D eigenvalue weighted by molar-refractivity contribution is -0.127. The number of benzene rings is 3. The van der Waals surface area contributed by atoms with E-state index in [1.165, 1.54) is 12.8 Å². The maximum Gasteiger partial charge on any atom is 0.247 e. The number of nitrogens with zero attached hydrogens (tertiary/aromatic N) is 4. The minimum Gasteiger partial charge on any atom is -0.356 e. The summed E-state index contributed by atoms with van der Waals surface area (Å²) in [6.45, 7) is 2.72. The molecule has 0 bridgehead atoms. The summed E-state index contributed by atoms with van der Waals surface area (Å²) in [7, 11) is 0. The van der Waals surface area contributed by atoms with E-state index in [2.05, 4.69) is 57.3 Å². The lowest BCUT2D eigenvalue weighted by Gasteiger charge is -2.21. The molecule has 5 heteroatoms. The number of rotatable bonds is 7. The Kier molecular flexibility index (Phi) is 6.20. The molecule has 3 aromatic carbocycles. The van der Waals surface area contributed by atoms with Crippen molar-refractivity contribution in [3.8, 4) is 11.1 Å². The Bertz CT molecular complexity index is 1400. The fourth-order valence-electron chi connectivity index (χ4n) is 5.05. The van der Waals surface area contributed by atoms with Crippen molar-refractivity contribution < 1.29 is 4.79 Å². The zero-order chi connectivity index (χ0) is 24.3. The maximum absolute atomic E-state index is 13.1. The summed E-state index contributed by atoms with van der Waals surface area (Å²) >= 11 is 0. The van der Waals surface area contributed by atoms with Crippen LogP contribution in [0.25, 0.3) is 28.1 Å². The van der Waals surface area contributed by atoms with Crippen molar-refractivity contribution in [3.63, 3.8) is 0 Å². The molecular weight excluding hydrogens is 444 g/mol. The Morgan fingerprint density at radius 2 is 1.72 bits per heavy atom. The molecule has 1 aromatic heterocycles. The molecule has 6 rings (SSSR count). The van der Waals surface area contributed by atoms with Gasteiger partial charge in [0.1, 0.15) is 12.1 Å². The van der Waals surface area contributed by atoms with Gasteiger partial charge in [-0.05, 0) is 72.2 Å². The highest BCUT2D eigenvalue weighted by Gasteiger charge is 2.31. The van der Waals surface area contributed by atoms with E-state index in [1.54, 1.807) is 12.4 Å². The molecule has 1 aliphatic heterocycles. The summed E-state index contributed by atoms with van der Waals surface area (Å²) in [6.07, 6.45) is 9.87. The van der Waals surface area contributed by atoms with E-state index in [1.807, 2.05) is 41.3 Å². The van der Waals surface area contributed by atoms with Crippen molar-refractivity contribution in [2.75, 3.05) is 18.0 Å². The van der Waals surface area contributed by atoms with E-state index < -0.39 is 0 Å². The van der Waals surface area contributed by atoms with E-state index >= 15 is 0 Å². The number of aromatic nitrogens is 2. The smallest absolute Gasteiger partial charge is 0.247 e. The molecular formula is C31H30N4O. The molecule has 0 N–H and O–H groups in total. The second-order valence-electron chi connectivity index (χ2n) is 9.77. The van der Waals surface area contributed by atoms with Gasteiger partial charge in [-0.3, -0.25) is 4.79 Å². The SMILES string of the molecule is O=C(C=Cc1ccccc1)N(Cc1cccc(-c2ccc3ncnc(N4CCCC4)c3c2)c1)C1CC1. The zero-order valence-electron chi connectivity index (χ0n) is 20.4. The predicted octanol–water partition coefficient (Wildman–Crippen LogP) is 6.10. The Hall–Kier alpha value is -3.99. The lowest BCUT2D eigenvalue weighted by atomic mass is 10.0. The van der Waals surface area contributed by atoms with Gasteiger partial charge in [-0.2, -0.15) is 0 Å². The molecule has 0 unspecified atom stereocenters. The van der Waals surface area contributed by atoms with Gasteiger partial charge in [0.05, 0.1) is 5.52 Å². The summed E-state index contributed by atoms with van der Waals surface area (Å²) in [6, 6.07) is 25.3. The Balaban J connectivity index is 1.25. The minimum absolute atomic E-state index is 0.0739. The number of amides is 1. The van der Waals surface area contributed by atoms with Crippen LogP contribution in [-0.2, 0) is 11.3 Å². The van der Waals surface area contributed by atoms with Crippen LogP contribution in [-0.4, -0.2) is 39.9 Å². The summed E-state index contributed by atoms with van der Waals surface area (Å²) in [5, 5.41) is 1.10. The number of carbonyl (C=O) groups excluding carboxylic acids is 1. The van der Waals surface area contributed by atoms with Gasteiger partial charge >= 0.3 is 0 Å². The lowest BCUT2D eigenvalue weighted by Crippen LogP contribution is -2.31. The third-order valence-corrected chi connectivity index (χ3v) is 7.12. The van der Waals surface area contributed by atoms with Gasteiger partial charge < -0.3 is 9.80 Å². The van der Waals surface area contributed by atoms with Crippen LogP contribution < -0.4 is 4.90 Å². The van der Waals surface area contributed by atoms with Crippen LogP contribution in [0.4, 0.5) is 5.82 Å². The summed E-state index contributed by atoms with van der Waals surface area (Å²) in [5.41, 5.74) is 5.45. The van der Waals surface area contributed by atoms with Crippen LogP contribution >= 0.6 is 0 Å². The molecule has 1 aliphatic carbocycles. The molecule has 0 radical (unpaired) electrons. The van der Waals surface area contributed by atoms with Crippen LogP contribution in [0.15, 0.2) is 85.2 Å². The van der Waals surface area contributed by atoms with Crippen LogP contribution in [0, 0.1) is 0 Å². The molecule has 0 atom stereocenters. The predicted molar refractivity (Wildman–Crippen MR) is 145 cm³/mol. The van der Waals surface area contributed by atoms with Crippen LogP contribution in [0.5, 0.6) is 0 Å². The van der Waals surface area contributed by atoms with Crippen LogP contribution in [0.2, 0.25) is 0 Å².